The topological polar surface area (TPSA) is 84.5 Å². The normalized spacial score (nSPS) is 16.6. The summed E-state index contributed by atoms with van der Waals surface area (Å²) in [5.74, 6) is -1.31. The summed E-state index contributed by atoms with van der Waals surface area (Å²) in [7, 11) is -1.61. The molecule has 1 aliphatic rings. The van der Waals surface area contributed by atoms with E-state index >= 15 is 0 Å². The first-order chi connectivity index (χ1) is 13.9. The number of benzene rings is 2. The van der Waals surface area contributed by atoms with Gasteiger partial charge in [-0.1, -0.05) is 41.9 Å². The van der Waals surface area contributed by atoms with E-state index in [4.69, 9.17) is 16.3 Å². The number of carbonyl (C=O) groups excluding carboxylic acids is 2. The number of ether oxygens (including phenoxy) is 1. The SMILES string of the molecule is Cc1ccc(NC(=O)C[S@](=O)CC(=O)NC[C@H]2OCCc3ccccc32)cc1Cl. The minimum absolute atomic E-state index is 0.216. The van der Waals surface area contributed by atoms with Crippen LogP contribution in [0.5, 0.6) is 0 Å². The molecule has 1 aliphatic heterocycles. The van der Waals surface area contributed by atoms with E-state index in [1.807, 2.05) is 25.1 Å². The number of aryl methyl sites for hydroxylation is 1. The van der Waals surface area contributed by atoms with Crippen LogP contribution in [0.25, 0.3) is 0 Å². The van der Waals surface area contributed by atoms with Crippen LogP contribution in [0.4, 0.5) is 5.69 Å². The highest BCUT2D eigenvalue weighted by Gasteiger charge is 2.21. The van der Waals surface area contributed by atoms with Crippen molar-refractivity contribution < 1.29 is 18.5 Å². The number of fused-ring (bicyclic) bond motifs is 1. The first-order valence-electron chi connectivity index (χ1n) is 9.29. The van der Waals surface area contributed by atoms with Gasteiger partial charge in [-0.2, -0.15) is 0 Å². The monoisotopic (exact) mass is 434 g/mol. The lowest BCUT2D eigenvalue weighted by Crippen LogP contribution is -2.35. The van der Waals surface area contributed by atoms with Crippen molar-refractivity contribution in [2.24, 2.45) is 0 Å². The molecule has 0 bridgehead atoms. The van der Waals surface area contributed by atoms with Crippen molar-refractivity contribution >= 4 is 39.9 Å². The van der Waals surface area contributed by atoms with Crippen LogP contribution in [0.15, 0.2) is 42.5 Å². The Bertz CT molecular complexity index is 935. The maximum atomic E-state index is 12.2. The quantitative estimate of drug-likeness (QED) is 0.701. The molecule has 0 saturated heterocycles. The van der Waals surface area contributed by atoms with Gasteiger partial charge in [0, 0.05) is 28.1 Å². The van der Waals surface area contributed by atoms with Crippen LogP contribution in [-0.2, 0) is 31.5 Å². The molecular weight excluding hydrogens is 412 g/mol. The van der Waals surface area contributed by atoms with Gasteiger partial charge < -0.3 is 15.4 Å². The van der Waals surface area contributed by atoms with Crippen molar-refractivity contribution in [2.75, 3.05) is 30.0 Å². The Kier molecular flexibility index (Phi) is 7.41. The molecule has 0 unspecified atom stereocenters. The Morgan fingerprint density at radius 1 is 1.17 bits per heavy atom. The van der Waals surface area contributed by atoms with Gasteiger partial charge >= 0.3 is 0 Å². The van der Waals surface area contributed by atoms with Crippen LogP contribution < -0.4 is 10.6 Å². The number of halogens is 1. The molecule has 154 valence electrons. The third kappa shape index (κ3) is 6.13. The van der Waals surface area contributed by atoms with Crippen LogP contribution in [0.2, 0.25) is 5.02 Å². The summed E-state index contributed by atoms with van der Waals surface area (Å²) < 4.78 is 17.9. The fourth-order valence-electron chi connectivity index (χ4n) is 3.11. The molecular formula is C21H23ClN2O4S. The second-order valence-electron chi connectivity index (χ2n) is 6.85. The van der Waals surface area contributed by atoms with E-state index in [1.54, 1.807) is 18.2 Å². The second-order valence-corrected chi connectivity index (χ2v) is 8.72. The minimum Gasteiger partial charge on any atom is -0.371 e. The lowest BCUT2D eigenvalue weighted by Gasteiger charge is -2.26. The van der Waals surface area contributed by atoms with Crippen LogP contribution in [0.3, 0.4) is 0 Å². The molecule has 2 aromatic carbocycles. The van der Waals surface area contributed by atoms with Crippen LogP contribution >= 0.6 is 11.6 Å². The van der Waals surface area contributed by atoms with Crippen LogP contribution in [0, 0.1) is 6.92 Å². The van der Waals surface area contributed by atoms with Crippen LogP contribution in [0.1, 0.15) is 22.8 Å². The summed E-state index contributed by atoms with van der Waals surface area (Å²) in [5, 5.41) is 5.93. The molecule has 2 N–H and O–H groups in total. The molecule has 0 aliphatic carbocycles. The summed E-state index contributed by atoms with van der Waals surface area (Å²) >= 11 is 6.03. The van der Waals surface area contributed by atoms with Gasteiger partial charge in [-0.3, -0.25) is 13.8 Å². The highest BCUT2D eigenvalue weighted by molar-refractivity contribution is 7.86. The lowest BCUT2D eigenvalue weighted by molar-refractivity contribution is -0.119. The van der Waals surface area contributed by atoms with Gasteiger partial charge in [-0.05, 0) is 42.2 Å². The van der Waals surface area contributed by atoms with Gasteiger partial charge in [0.1, 0.15) is 17.6 Å². The molecule has 3 rings (SSSR count). The van der Waals surface area contributed by atoms with Crippen molar-refractivity contribution in [3.8, 4) is 0 Å². The molecule has 2 atom stereocenters. The lowest BCUT2D eigenvalue weighted by atomic mass is 9.97. The van der Waals surface area contributed by atoms with Crippen molar-refractivity contribution in [1.29, 1.82) is 0 Å². The number of carbonyl (C=O) groups is 2. The van der Waals surface area contributed by atoms with Crippen LogP contribution in [-0.4, -0.2) is 40.7 Å². The Labute approximate surface area is 177 Å². The van der Waals surface area contributed by atoms with Gasteiger partial charge in [0.15, 0.2) is 0 Å². The van der Waals surface area contributed by atoms with E-state index in [0.717, 1.165) is 17.5 Å². The first kappa shape index (κ1) is 21.5. The standard InChI is InChI=1S/C21H23ClN2O4S/c1-14-6-7-16(10-18(14)22)24-21(26)13-29(27)12-20(25)23-11-19-17-5-3-2-4-15(17)8-9-28-19/h2-7,10,19H,8-9,11-13H2,1H3,(H,23,25)(H,24,26)/t19-,29-/m1/s1. The largest absolute Gasteiger partial charge is 0.371 e. The van der Waals surface area contributed by atoms with Crippen molar-refractivity contribution in [1.82, 2.24) is 5.32 Å². The fraction of sp³-hybridized carbons (Fsp3) is 0.333. The molecule has 0 aromatic heterocycles. The molecule has 0 fully saturated rings. The number of amides is 2. The second kappa shape index (κ2) is 10.0. The Hall–Kier alpha value is -2.22. The Morgan fingerprint density at radius 2 is 1.93 bits per heavy atom. The summed E-state index contributed by atoms with van der Waals surface area (Å²) in [6.07, 6.45) is 0.637. The summed E-state index contributed by atoms with van der Waals surface area (Å²) in [5.41, 5.74) is 3.71. The summed E-state index contributed by atoms with van der Waals surface area (Å²) in [6.45, 7) is 2.77. The maximum Gasteiger partial charge on any atom is 0.237 e. The molecule has 0 radical (unpaired) electrons. The summed E-state index contributed by atoms with van der Waals surface area (Å²) in [4.78, 5) is 24.2. The summed E-state index contributed by atoms with van der Waals surface area (Å²) in [6, 6.07) is 13.1. The zero-order valence-corrected chi connectivity index (χ0v) is 17.6. The molecule has 6 nitrogen and oxygen atoms in total. The molecule has 1 heterocycles. The Morgan fingerprint density at radius 3 is 2.72 bits per heavy atom. The number of nitrogens with one attached hydrogen (secondary N) is 2. The van der Waals surface area contributed by atoms with Gasteiger partial charge in [0.2, 0.25) is 11.8 Å². The average Bonchev–Trinajstić information content (AvgIpc) is 2.69. The number of hydrogen-bond donors (Lipinski definition) is 2. The van der Waals surface area contributed by atoms with E-state index in [-0.39, 0.29) is 23.5 Å². The zero-order valence-electron chi connectivity index (χ0n) is 16.1. The van der Waals surface area contributed by atoms with Gasteiger partial charge in [-0.25, -0.2) is 0 Å². The number of anilines is 1. The van der Waals surface area contributed by atoms with Crippen molar-refractivity contribution in [3.05, 3.63) is 64.2 Å². The highest BCUT2D eigenvalue weighted by atomic mass is 35.5. The van der Waals surface area contributed by atoms with E-state index in [9.17, 15) is 13.8 Å². The fourth-order valence-corrected chi connectivity index (χ4v) is 4.16. The molecule has 29 heavy (non-hydrogen) atoms. The number of rotatable bonds is 7. The molecule has 8 heteroatoms. The van der Waals surface area contributed by atoms with E-state index in [2.05, 4.69) is 16.7 Å². The van der Waals surface area contributed by atoms with Crippen molar-refractivity contribution in [3.63, 3.8) is 0 Å². The third-order valence-corrected chi connectivity index (χ3v) is 6.19. The molecule has 2 amide bonds. The zero-order chi connectivity index (χ0) is 20.8. The maximum absolute atomic E-state index is 12.2. The highest BCUT2D eigenvalue weighted by Crippen LogP contribution is 2.26. The van der Waals surface area contributed by atoms with Gasteiger partial charge in [0.05, 0.1) is 6.61 Å². The molecule has 2 aromatic rings. The van der Waals surface area contributed by atoms with E-state index in [1.165, 1.54) is 5.56 Å². The minimum atomic E-state index is -1.61. The van der Waals surface area contributed by atoms with Gasteiger partial charge in [0.25, 0.3) is 0 Å². The molecule has 0 spiro atoms. The first-order valence-corrected chi connectivity index (χ1v) is 11.2. The van der Waals surface area contributed by atoms with Gasteiger partial charge in [-0.15, -0.1) is 0 Å². The van der Waals surface area contributed by atoms with E-state index in [0.29, 0.717) is 23.9 Å². The van der Waals surface area contributed by atoms with Crippen molar-refractivity contribution in [2.45, 2.75) is 19.4 Å². The number of hydrogen-bond acceptors (Lipinski definition) is 4. The third-order valence-electron chi connectivity index (χ3n) is 4.62. The smallest absolute Gasteiger partial charge is 0.237 e. The average molecular weight is 435 g/mol. The predicted octanol–water partition coefficient (Wildman–Crippen LogP) is 2.77. The van der Waals surface area contributed by atoms with E-state index < -0.39 is 16.7 Å². The Balaban J connectivity index is 1.44. The molecule has 0 saturated carbocycles. The predicted molar refractivity (Wildman–Crippen MR) is 115 cm³/mol.